The van der Waals surface area contributed by atoms with Gasteiger partial charge in [-0.2, -0.15) is 0 Å². The molecule has 0 radical (unpaired) electrons. The molecule has 3 rings (SSSR count). The number of halogens is 1. The molecular formula is C20H20FN5O2S. The van der Waals surface area contributed by atoms with E-state index in [1.807, 2.05) is 31.2 Å². The van der Waals surface area contributed by atoms with Crippen LogP contribution < -0.4 is 10.6 Å². The molecule has 2 aromatic carbocycles. The van der Waals surface area contributed by atoms with Crippen LogP contribution in [0.1, 0.15) is 11.4 Å². The van der Waals surface area contributed by atoms with Crippen LogP contribution in [0.3, 0.4) is 0 Å². The van der Waals surface area contributed by atoms with E-state index >= 15 is 0 Å². The van der Waals surface area contributed by atoms with Gasteiger partial charge in [0.05, 0.1) is 12.2 Å². The minimum Gasteiger partial charge on any atom is -0.326 e. The number of hydrogen-bond donors (Lipinski definition) is 2. The Morgan fingerprint density at radius 3 is 2.48 bits per heavy atom. The summed E-state index contributed by atoms with van der Waals surface area (Å²) in [5, 5.41) is 14.2. The minimum atomic E-state index is -0.371. The third-order valence-electron chi connectivity index (χ3n) is 4.12. The second-order valence-corrected chi connectivity index (χ2v) is 7.28. The average Bonchev–Trinajstić information content (AvgIpc) is 3.03. The van der Waals surface area contributed by atoms with Crippen molar-refractivity contribution in [2.75, 3.05) is 16.4 Å². The highest BCUT2D eigenvalue weighted by Gasteiger charge is 2.15. The average molecular weight is 413 g/mol. The summed E-state index contributed by atoms with van der Waals surface area (Å²) in [6.45, 7) is 1.93. The number of carbonyl (C=O) groups is 2. The van der Waals surface area contributed by atoms with Crippen molar-refractivity contribution in [1.82, 2.24) is 14.8 Å². The molecule has 0 bridgehead atoms. The van der Waals surface area contributed by atoms with Gasteiger partial charge in [-0.05, 0) is 42.8 Å². The van der Waals surface area contributed by atoms with E-state index in [0.29, 0.717) is 16.7 Å². The molecule has 1 heterocycles. The molecule has 150 valence electrons. The highest BCUT2D eigenvalue weighted by atomic mass is 32.2. The van der Waals surface area contributed by atoms with E-state index in [2.05, 4.69) is 20.8 Å². The summed E-state index contributed by atoms with van der Waals surface area (Å²) in [5.41, 5.74) is 2.26. The summed E-state index contributed by atoms with van der Waals surface area (Å²) in [6.07, 6.45) is 0.0108. The number of nitrogens with one attached hydrogen (secondary N) is 2. The lowest BCUT2D eigenvalue weighted by Gasteiger charge is -2.08. The number of carbonyl (C=O) groups excluding carboxylic acids is 2. The molecule has 0 atom stereocenters. The first-order valence-corrected chi connectivity index (χ1v) is 9.83. The first kappa shape index (κ1) is 20.5. The van der Waals surface area contributed by atoms with Crippen molar-refractivity contribution in [3.63, 3.8) is 0 Å². The van der Waals surface area contributed by atoms with Gasteiger partial charge >= 0.3 is 0 Å². The fraction of sp³-hybridized carbons (Fsp3) is 0.200. The fourth-order valence-electron chi connectivity index (χ4n) is 2.54. The SMILES string of the molecule is Cc1ccccc1NC(=O)CSc1nnc(CC(=O)Nc2ccc(F)cc2)n1C. The summed E-state index contributed by atoms with van der Waals surface area (Å²) < 4.78 is 14.6. The van der Waals surface area contributed by atoms with Crippen LogP contribution in [0, 0.1) is 12.7 Å². The van der Waals surface area contributed by atoms with E-state index in [1.165, 1.54) is 36.0 Å². The number of para-hydroxylation sites is 1. The third kappa shape index (κ3) is 5.64. The zero-order valence-corrected chi connectivity index (χ0v) is 16.8. The molecule has 0 saturated carbocycles. The molecule has 0 saturated heterocycles. The van der Waals surface area contributed by atoms with E-state index in [9.17, 15) is 14.0 Å². The smallest absolute Gasteiger partial charge is 0.234 e. The first-order chi connectivity index (χ1) is 13.9. The minimum absolute atomic E-state index is 0.0108. The van der Waals surface area contributed by atoms with Crippen molar-refractivity contribution < 1.29 is 14.0 Å². The number of aromatic nitrogens is 3. The largest absolute Gasteiger partial charge is 0.326 e. The van der Waals surface area contributed by atoms with E-state index in [-0.39, 0.29) is 29.8 Å². The summed E-state index contributed by atoms with van der Waals surface area (Å²) in [6, 6.07) is 13.1. The van der Waals surface area contributed by atoms with Gasteiger partial charge < -0.3 is 15.2 Å². The molecular weight excluding hydrogens is 393 g/mol. The highest BCUT2D eigenvalue weighted by Crippen LogP contribution is 2.18. The normalized spacial score (nSPS) is 10.6. The number of aryl methyl sites for hydroxylation is 1. The molecule has 0 unspecified atom stereocenters. The molecule has 2 N–H and O–H groups in total. The predicted molar refractivity (Wildman–Crippen MR) is 110 cm³/mol. The van der Waals surface area contributed by atoms with Gasteiger partial charge in [-0.3, -0.25) is 9.59 Å². The Labute approximate surface area is 171 Å². The van der Waals surface area contributed by atoms with Crippen LogP contribution in [0.5, 0.6) is 0 Å². The van der Waals surface area contributed by atoms with Crippen LogP contribution in [0.2, 0.25) is 0 Å². The number of rotatable bonds is 7. The molecule has 0 aliphatic rings. The number of nitrogens with zero attached hydrogens (tertiary/aromatic N) is 3. The van der Waals surface area contributed by atoms with Gasteiger partial charge in [0, 0.05) is 18.4 Å². The second kappa shape index (κ2) is 9.33. The Morgan fingerprint density at radius 1 is 1.03 bits per heavy atom. The standard InChI is InChI=1S/C20H20FN5O2S/c1-13-5-3-4-6-16(13)23-19(28)12-29-20-25-24-17(26(20)2)11-18(27)22-15-9-7-14(21)8-10-15/h3-10H,11-12H2,1-2H3,(H,22,27)(H,23,28). The Kier molecular flexibility index (Phi) is 6.61. The summed E-state index contributed by atoms with van der Waals surface area (Å²) in [5.74, 6) is -0.179. The van der Waals surface area contributed by atoms with Crippen molar-refractivity contribution in [1.29, 1.82) is 0 Å². The predicted octanol–water partition coefficient (Wildman–Crippen LogP) is 3.17. The van der Waals surface area contributed by atoms with Gasteiger partial charge in [0.15, 0.2) is 5.16 Å². The Balaban J connectivity index is 1.53. The Bertz CT molecular complexity index is 1020. The van der Waals surface area contributed by atoms with E-state index in [0.717, 1.165) is 11.3 Å². The van der Waals surface area contributed by atoms with Crippen molar-refractivity contribution in [3.05, 3.63) is 65.7 Å². The van der Waals surface area contributed by atoms with Gasteiger partial charge in [0.25, 0.3) is 0 Å². The lowest BCUT2D eigenvalue weighted by molar-refractivity contribution is -0.116. The lowest BCUT2D eigenvalue weighted by Crippen LogP contribution is -2.17. The molecule has 0 aliphatic heterocycles. The van der Waals surface area contributed by atoms with Gasteiger partial charge in [0.1, 0.15) is 11.6 Å². The maximum Gasteiger partial charge on any atom is 0.234 e. The highest BCUT2D eigenvalue weighted by molar-refractivity contribution is 7.99. The molecule has 7 nitrogen and oxygen atoms in total. The maximum atomic E-state index is 12.9. The van der Waals surface area contributed by atoms with Gasteiger partial charge in [-0.15, -0.1) is 10.2 Å². The molecule has 0 spiro atoms. The molecule has 0 aliphatic carbocycles. The van der Waals surface area contributed by atoms with E-state index < -0.39 is 0 Å². The lowest BCUT2D eigenvalue weighted by atomic mass is 10.2. The molecule has 2 amide bonds. The Morgan fingerprint density at radius 2 is 1.76 bits per heavy atom. The van der Waals surface area contributed by atoms with E-state index in [1.54, 1.807) is 11.6 Å². The zero-order valence-electron chi connectivity index (χ0n) is 16.0. The molecule has 3 aromatic rings. The van der Waals surface area contributed by atoms with Crippen LogP contribution in [0.4, 0.5) is 15.8 Å². The Hall–Kier alpha value is -3.20. The maximum absolute atomic E-state index is 12.9. The van der Waals surface area contributed by atoms with Crippen LogP contribution >= 0.6 is 11.8 Å². The van der Waals surface area contributed by atoms with E-state index in [4.69, 9.17) is 0 Å². The van der Waals surface area contributed by atoms with Crippen LogP contribution in [0.25, 0.3) is 0 Å². The van der Waals surface area contributed by atoms with Gasteiger partial charge in [-0.1, -0.05) is 30.0 Å². The number of amides is 2. The molecule has 0 fully saturated rings. The van der Waals surface area contributed by atoms with Crippen molar-refractivity contribution >= 4 is 35.0 Å². The van der Waals surface area contributed by atoms with Crippen molar-refractivity contribution in [3.8, 4) is 0 Å². The number of benzene rings is 2. The molecule has 29 heavy (non-hydrogen) atoms. The number of hydrogen-bond acceptors (Lipinski definition) is 5. The van der Waals surface area contributed by atoms with Gasteiger partial charge in [-0.25, -0.2) is 4.39 Å². The summed E-state index contributed by atoms with van der Waals surface area (Å²) in [4.78, 5) is 24.4. The topological polar surface area (TPSA) is 88.9 Å². The number of anilines is 2. The monoisotopic (exact) mass is 413 g/mol. The number of thioether (sulfide) groups is 1. The molecule has 1 aromatic heterocycles. The quantitative estimate of drug-likeness (QED) is 0.581. The van der Waals surface area contributed by atoms with Crippen molar-refractivity contribution in [2.24, 2.45) is 7.05 Å². The van der Waals surface area contributed by atoms with Gasteiger partial charge in [0.2, 0.25) is 11.8 Å². The molecule has 9 heteroatoms. The van der Waals surface area contributed by atoms with Crippen LogP contribution in [0.15, 0.2) is 53.7 Å². The zero-order chi connectivity index (χ0) is 20.8. The van der Waals surface area contributed by atoms with Crippen LogP contribution in [-0.2, 0) is 23.1 Å². The second-order valence-electron chi connectivity index (χ2n) is 6.34. The fourth-order valence-corrected chi connectivity index (χ4v) is 3.27. The first-order valence-electron chi connectivity index (χ1n) is 8.84. The van der Waals surface area contributed by atoms with Crippen LogP contribution in [-0.4, -0.2) is 32.3 Å². The summed E-state index contributed by atoms with van der Waals surface area (Å²) in [7, 11) is 1.74. The summed E-state index contributed by atoms with van der Waals surface area (Å²) >= 11 is 1.24. The third-order valence-corrected chi connectivity index (χ3v) is 5.14. The van der Waals surface area contributed by atoms with Crippen molar-refractivity contribution in [2.45, 2.75) is 18.5 Å².